The lowest BCUT2D eigenvalue weighted by molar-refractivity contribution is 0.906. The van der Waals surface area contributed by atoms with Crippen LogP contribution in [0.3, 0.4) is 0 Å². The fourth-order valence-corrected chi connectivity index (χ4v) is 4.51. The van der Waals surface area contributed by atoms with Crippen molar-refractivity contribution in [2.24, 2.45) is 5.73 Å². The molecule has 0 aliphatic rings. The van der Waals surface area contributed by atoms with Gasteiger partial charge in [0.2, 0.25) is 0 Å². The quantitative estimate of drug-likeness (QED) is 0.745. The van der Waals surface area contributed by atoms with Crippen LogP contribution in [0.4, 0.5) is 5.69 Å². The molecule has 2 aromatic rings. The molecule has 0 atom stereocenters. The normalized spacial score (nSPS) is 10.8. The molecule has 0 aliphatic heterocycles. The molecule has 2 rings (SSSR count). The third-order valence-corrected chi connectivity index (χ3v) is 5.70. The van der Waals surface area contributed by atoms with Crippen LogP contribution in [0, 0.1) is 0 Å². The summed E-state index contributed by atoms with van der Waals surface area (Å²) in [4.78, 5) is 4.92. The SMILES string of the molecule is CCSc1cccc(N(C)Cc2cc(Br)cs2)c1CN. The van der Waals surface area contributed by atoms with Gasteiger partial charge in [-0.3, -0.25) is 0 Å². The minimum atomic E-state index is 0.580. The first kappa shape index (κ1) is 15.9. The Morgan fingerprint density at radius 3 is 2.80 bits per heavy atom. The second kappa shape index (κ2) is 7.50. The van der Waals surface area contributed by atoms with Crippen molar-refractivity contribution in [3.8, 4) is 0 Å². The van der Waals surface area contributed by atoms with E-state index in [2.05, 4.69) is 64.4 Å². The molecule has 0 radical (unpaired) electrons. The van der Waals surface area contributed by atoms with Gasteiger partial charge in [0.1, 0.15) is 0 Å². The minimum Gasteiger partial charge on any atom is -0.369 e. The number of hydrogen-bond acceptors (Lipinski definition) is 4. The Balaban J connectivity index is 2.24. The van der Waals surface area contributed by atoms with Crippen molar-refractivity contribution in [1.29, 1.82) is 0 Å². The van der Waals surface area contributed by atoms with Gasteiger partial charge >= 0.3 is 0 Å². The van der Waals surface area contributed by atoms with E-state index < -0.39 is 0 Å². The van der Waals surface area contributed by atoms with Gasteiger partial charge in [0, 0.05) is 44.5 Å². The van der Waals surface area contributed by atoms with Gasteiger partial charge in [-0.2, -0.15) is 0 Å². The van der Waals surface area contributed by atoms with Crippen LogP contribution >= 0.6 is 39.0 Å². The lowest BCUT2D eigenvalue weighted by Gasteiger charge is -2.23. The Bertz CT molecular complexity index is 569. The predicted molar refractivity (Wildman–Crippen MR) is 94.9 cm³/mol. The number of halogens is 1. The number of rotatable bonds is 6. The largest absolute Gasteiger partial charge is 0.369 e. The van der Waals surface area contributed by atoms with Gasteiger partial charge in [-0.05, 0) is 39.9 Å². The van der Waals surface area contributed by atoms with E-state index in [0.717, 1.165) is 16.8 Å². The van der Waals surface area contributed by atoms with Crippen LogP contribution in [0.1, 0.15) is 17.4 Å². The molecule has 1 aromatic carbocycles. The summed E-state index contributed by atoms with van der Waals surface area (Å²) in [5.41, 5.74) is 8.45. The van der Waals surface area contributed by atoms with Crippen LogP contribution in [-0.4, -0.2) is 12.8 Å². The van der Waals surface area contributed by atoms with Crippen LogP contribution in [0.15, 0.2) is 39.0 Å². The first-order valence-electron chi connectivity index (χ1n) is 6.54. The van der Waals surface area contributed by atoms with E-state index in [1.165, 1.54) is 21.0 Å². The van der Waals surface area contributed by atoms with E-state index in [1.807, 2.05) is 11.8 Å². The second-order valence-corrected chi connectivity index (χ2v) is 7.70. The highest BCUT2D eigenvalue weighted by Gasteiger charge is 2.11. The molecule has 1 aromatic heterocycles. The summed E-state index contributed by atoms with van der Waals surface area (Å²) in [6.45, 7) is 3.66. The van der Waals surface area contributed by atoms with Crippen molar-refractivity contribution in [3.05, 3.63) is 44.6 Å². The number of thiophene rings is 1. The average Bonchev–Trinajstić information content (AvgIpc) is 2.84. The Hall–Kier alpha value is -0.490. The number of nitrogens with two attached hydrogens (primary N) is 1. The van der Waals surface area contributed by atoms with Crippen LogP contribution in [0.25, 0.3) is 0 Å². The molecule has 2 N–H and O–H groups in total. The highest BCUT2D eigenvalue weighted by atomic mass is 79.9. The molecule has 1 heterocycles. The first-order valence-corrected chi connectivity index (χ1v) is 9.20. The van der Waals surface area contributed by atoms with E-state index in [9.17, 15) is 0 Å². The Morgan fingerprint density at radius 1 is 1.40 bits per heavy atom. The molecule has 0 aliphatic carbocycles. The molecular weight excluding hydrogens is 352 g/mol. The van der Waals surface area contributed by atoms with Crippen molar-refractivity contribution in [1.82, 2.24) is 0 Å². The van der Waals surface area contributed by atoms with Crippen molar-refractivity contribution in [2.45, 2.75) is 24.9 Å². The molecule has 0 amide bonds. The summed E-state index contributed by atoms with van der Waals surface area (Å²) in [6.07, 6.45) is 0. The van der Waals surface area contributed by atoms with Crippen LogP contribution in [0.5, 0.6) is 0 Å². The molecule has 0 bridgehead atoms. The van der Waals surface area contributed by atoms with E-state index >= 15 is 0 Å². The smallest absolute Gasteiger partial charge is 0.0520 e. The van der Waals surface area contributed by atoms with Crippen molar-refractivity contribution in [3.63, 3.8) is 0 Å². The van der Waals surface area contributed by atoms with Crippen LogP contribution in [0.2, 0.25) is 0 Å². The van der Waals surface area contributed by atoms with Crippen molar-refractivity contribution in [2.75, 3.05) is 17.7 Å². The third kappa shape index (κ3) is 3.79. The van der Waals surface area contributed by atoms with E-state index in [1.54, 1.807) is 11.3 Å². The van der Waals surface area contributed by atoms with Gasteiger partial charge in [-0.1, -0.05) is 13.0 Å². The van der Waals surface area contributed by atoms with Gasteiger partial charge in [0.05, 0.1) is 6.54 Å². The zero-order valence-electron chi connectivity index (χ0n) is 11.7. The number of thioether (sulfide) groups is 1. The zero-order valence-corrected chi connectivity index (χ0v) is 14.9. The summed E-state index contributed by atoms with van der Waals surface area (Å²) >= 11 is 7.14. The van der Waals surface area contributed by atoms with Crippen LogP contribution in [-0.2, 0) is 13.1 Å². The van der Waals surface area contributed by atoms with Gasteiger partial charge in [-0.25, -0.2) is 0 Å². The maximum atomic E-state index is 5.97. The van der Waals surface area contributed by atoms with Crippen molar-refractivity contribution < 1.29 is 0 Å². The maximum absolute atomic E-state index is 5.97. The van der Waals surface area contributed by atoms with Crippen LogP contribution < -0.4 is 10.6 Å². The average molecular weight is 371 g/mol. The van der Waals surface area contributed by atoms with Crippen molar-refractivity contribution >= 4 is 44.7 Å². The van der Waals surface area contributed by atoms with E-state index in [0.29, 0.717) is 6.54 Å². The number of anilines is 1. The topological polar surface area (TPSA) is 29.3 Å². The van der Waals surface area contributed by atoms with Gasteiger partial charge in [0.15, 0.2) is 0 Å². The zero-order chi connectivity index (χ0) is 14.5. The van der Waals surface area contributed by atoms with E-state index in [4.69, 9.17) is 5.73 Å². The first-order chi connectivity index (χ1) is 9.65. The fraction of sp³-hybridized carbons (Fsp3) is 0.333. The molecule has 5 heteroatoms. The Labute approximate surface area is 137 Å². The summed E-state index contributed by atoms with van der Waals surface area (Å²) in [6, 6.07) is 8.61. The van der Waals surface area contributed by atoms with Gasteiger partial charge in [0.25, 0.3) is 0 Å². The Morgan fingerprint density at radius 2 is 2.20 bits per heavy atom. The summed E-state index contributed by atoms with van der Waals surface area (Å²) < 4.78 is 1.15. The summed E-state index contributed by atoms with van der Waals surface area (Å²) in [5.74, 6) is 1.07. The van der Waals surface area contributed by atoms with E-state index in [-0.39, 0.29) is 0 Å². The Kier molecular flexibility index (Phi) is 5.96. The maximum Gasteiger partial charge on any atom is 0.0520 e. The molecule has 0 unspecified atom stereocenters. The minimum absolute atomic E-state index is 0.580. The molecule has 20 heavy (non-hydrogen) atoms. The molecule has 0 spiro atoms. The second-order valence-electron chi connectivity index (χ2n) is 4.48. The van der Waals surface area contributed by atoms with Gasteiger partial charge in [-0.15, -0.1) is 23.1 Å². The summed E-state index contributed by atoms with van der Waals surface area (Å²) in [5, 5.41) is 2.12. The fourth-order valence-electron chi connectivity index (χ4n) is 2.16. The number of nitrogens with zero attached hydrogens (tertiary/aromatic N) is 1. The lowest BCUT2D eigenvalue weighted by Crippen LogP contribution is -2.18. The summed E-state index contributed by atoms with van der Waals surface area (Å²) in [7, 11) is 2.13. The van der Waals surface area contributed by atoms with Gasteiger partial charge < -0.3 is 10.6 Å². The molecular formula is C15H19BrN2S2. The molecule has 0 saturated carbocycles. The third-order valence-electron chi connectivity index (χ3n) is 3.04. The lowest BCUT2D eigenvalue weighted by atomic mass is 10.1. The highest BCUT2D eigenvalue weighted by molar-refractivity contribution is 9.10. The molecule has 108 valence electrons. The molecule has 2 nitrogen and oxygen atoms in total. The number of benzene rings is 1. The molecule has 0 saturated heterocycles. The monoisotopic (exact) mass is 370 g/mol. The predicted octanol–water partition coefficient (Wildman–Crippen LogP) is 4.72. The molecule has 0 fully saturated rings. The highest BCUT2D eigenvalue weighted by Crippen LogP contribution is 2.31. The standard InChI is InChI=1S/C15H19BrN2S2/c1-3-19-15-6-4-5-14(13(15)8-17)18(2)9-12-7-11(16)10-20-12/h4-7,10H,3,8-9,17H2,1-2H3. The number of hydrogen-bond donors (Lipinski definition) is 1.